The lowest BCUT2D eigenvalue weighted by molar-refractivity contribution is -0.113. The average Bonchev–Trinajstić information content (AvgIpc) is 2.68. The molecule has 0 saturated heterocycles. The average molecular weight is 370 g/mol. The topological polar surface area (TPSA) is 66.9 Å². The van der Waals surface area contributed by atoms with Crippen LogP contribution in [-0.2, 0) is 4.79 Å². The zero-order valence-corrected chi connectivity index (χ0v) is 16.0. The molecule has 0 bridgehead atoms. The first-order chi connectivity index (χ1) is 13.6. The number of carbonyl (C=O) groups is 1. The first kappa shape index (κ1) is 17.9. The minimum atomic E-state index is 0.152. The normalized spacial score (nSPS) is 13.9. The third-order valence-electron chi connectivity index (χ3n) is 4.71. The second-order valence-corrected chi connectivity index (χ2v) is 6.79. The molecule has 0 fully saturated rings. The van der Waals surface area contributed by atoms with Gasteiger partial charge < -0.3 is 10.6 Å². The first-order valence-corrected chi connectivity index (χ1v) is 9.43. The van der Waals surface area contributed by atoms with Gasteiger partial charge in [0.05, 0.1) is 5.52 Å². The van der Waals surface area contributed by atoms with Crippen LogP contribution in [0.5, 0.6) is 0 Å². The van der Waals surface area contributed by atoms with Gasteiger partial charge in [-0.2, -0.15) is 0 Å². The Kier molecular flexibility index (Phi) is 4.89. The van der Waals surface area contributed by atoms with Gasteiger partial charge in [0.15, 0.2) is 5.78 Å². The Balaban J connectivity index is 1.63. The van der Waals surface area contributed by atoms with E-state index in [1.165, 1.54) is 0 Å². The summed E-state index contributed by atoms with van der Waals surface area (Å²) in [6.07, 6.45) is 6.16. The number of hydrogen-bond acceptors (Lipinski definition) is 5. The molecule has 0 atom stereocenters. The highest BCUT2D eigenvalue weighted by Gasteiger charge is 2.17. The van der Waals surface area contributed by atoms with E-state index in [1.54, 1.807) is 6.20 Å². The van der Waals surface area contributed by atoms with Crippen LogP contribution < -0.4 is 10.6 Å². The van der Waals surface area contributed by atoms with Crippen LogP contribution in [0.25, 0.3) is 16.5 Å². The molecule has 1 heterocycles. The van der Waals surface area contributed by atoms with Crippen LogP contribution in [0.1, 0.15) is 25.8 Å². The molecule has 140 valence electrons. The monoisotopic (exact) mass is 370 g/mol. The Bertz CT molecular complexity index is 1110. The van der Waals surface area contributed by atoms with Gasteiger partial charge in [-0.05, 0) is 55.3 Å². The van der Waals surface area contributed by atoms with Crippen molar-refractivity contribution in [2.45, 2.75) is 20.3 Å². The largest absolute Gasteiger partial charge is 0.385 e. The number of ketones is 1. The molecule has 0 spiro atoms. The fraction of sp³-hybridized carbons (Fsp3) is 0.174. The summed E-state index contributed by atoms with van der Waals surface area (Å²) in [5.41, 5.74) is 5.51. The Labute approximate surface area is 164 Å². The molecule has 5 nitrogen and oxygen atoms in total. The van der Waals surface area contributed by atoms with Gasteiger partial charge >= 0.3 is 0 Å². The molecule has 1 aliphatic carbocycles. The fourth-order valence-electron chi connectivity index (χ4n) is 3.43. The number of Topliss-reactive ketones (excluding diaryl/α,β-unsaturated/α-hetero) is 1. The number of fused-ring (bicyclic) bond motifs is 1. The highest BCUT2D eigenvalue weighted by Crippen LogP contribution is 2.28. The first-order valence-electron chi connectivity index (χ1n) is 9.43. The summed E-state index contributed by atoms with van der Waals surface area (Å²) in [6.45, 7) is 4.90. The van der Waals surface area contributed by atoms with Crippen molar-refractivity contribution in [3.8, 4) is 0 Å². The molecule has 28 heavy (non-hydrogen) atoms. The van der Waals surface area contributed by atoms with Crippen LogP contribution in [-0.4, -0.2) is 22.3 Å². The van der Waals surface area contributed by atoms with Crippen LogP contribution in [0.4, 0.5) is 17.3 Å². The minimum absolute atomic E-state index is 0.152. The summed E-state index contributed by atoms with van der Waals surface area (Å²) in [4.78, 5) is 21.4. The molecular formula is C23H22N4O. The molecule has 0 unspecified atom stereocenters. The van der Waals surface area contributed by atoms with Gasteiger partial charge in [-0.25, -0.2) is 9.97 Å². The number of benzene rings is 2. The standard InChI is InChI=1S/C23H22N4O/c1-3-24-18-7-5-8-19(13-18)26-23-25-14-17-12-16(10-11-20(17)27-23)22-15(2)6-4-9-21(22)28/h4-8,10-14,24H,3,9H2,1-2H3,(H,25,26,27). The summed E-state index contributed by atoms with van der Waals surface area (Å²) in [5, 5.41) is 7.45. The number of nitrogens with zero attached hydrogens (tertiary/aromatic N) is 2. The summed E-state index contributed by atoms with van der Waals surface area (Å²) in [6, 6.07) is 13.9. The summed E-state index contributed by atoms with van der Waals surface area (Å²) < 4.78 is 0. The fourth-order valence-corrected chi connectivity index (χ4v) is 3.43. The number of hydrogen-bond donors (Lipinski definition) is 2. The smallest absolute Gasteiger partial charge is 0.227 e. The quantitative estimate of drug-likeness (QED) is 0.653. The SMILES string of the molecule is CCNc1cccc(Nc2ncc3cc(C4=C(C)C=CCC4=O)ccc3n2)c1. The molecule has 1 aromatic heterocycles. The van der Waals surface area contributed by atoms with Crippen LogP contribution >= 0.6 is 0 Å². The molecule has 1 aliphatic rings. The summed E-state index contributed by atoms with van der Waals surface area (Å²) in [7, 11) is 0. The van der Waals surface area contributed by atoms with Gasteiger partial charge in [-0.3, -0.25) is 4.79 Å². The van der Waals surface area contributed by atoms with Crippen molar-refractivity contribution in [1.82, 2.24) is 9.97 Å². The van der Waals surface area contributed by atoms with E-state index in [0.717, 1.165) is 45.5 Å². The third-order valence-corrected chi connectivity index (χ3v) is 4.71. The summed E-state index contributed by atoms with van der Waals surface area (Å²) in [5.74, 6) is 0.695. The van der Waals surface area contributed by atoms with Gasteiger partial charge in [-0.1, -0.05) is 24.3 Å². The molecule has 3 aromatic rings. The maximum absolute atomic E-state index is 12.3. The van der Waals surface area contributed by atoms with E-state index in [1.807, 2.05) is 61.5 Å². The Morgan fingerprint density at radius 3 is 2.79 bits per heavy atom. The predicted molar refractivity (Wildman–Crippen MR) is 115 cm³/mol. The molecule has 2 aromatic carbocycles. The van der Waals surface area contributed by atoms with Gasteiger partial charge in [0.1, 0.15) is 0 Å². The Morgan fingerprint density at radius 1 is 1.11 bits per heavy atom. The zero-order chi connectivity index (χ0) is 19.5. The molecule has 0 aliphatic heterocycles. The number of aromatic nitrogens is 2. The highest BCUT2D eigenvalue weighted by atomic mass is 16.1. The van der Waals surface area contributed by atoms with Crippen molar-refractivity contribution < 1.29 is 4.79 Å². The molecule has 0 radical (unpaired) electrons. The van der Waals surface area contributed by atoms with Crippen molar-refractivity contribution >= 4 is 39.6 Å². The molecule has 0 amide bonds. The molecule has 5 heteroatoms. The van der Waals surface area contributed by atoms with Gasteiger partial charge in [0.2, 0.25) is 5.95 Å². The minimum Gasteiger partial charge on any atom is -0.385 e. The van der Waals surface area contributed by atoms with Gasteiger partial charge in [0.25, 0.3) is 0 Å². The van der Waals surface area contributed by atoms with E-state index in [-0.39, 0.29) is 5.78 Å². The van der Waals surface area contributed by atoms with Gasteiger partial charge in [-0.15, -0.1) is 0 Å². The van der Waals surface area contributed by atoms with E-state index in [2.05, 4.69) is 27.5 Å². The second-order valence-electron chi connectivity index (χ2n) is 6.79. The van der Waals surface area contributed by atoms with Crippen molar-refractivity contribution in [2.75, 3.05) is 17.2 Å². The third kappa shape index (κ3) is 3.64. The summed E-state index contributed by atoms with van der Waals surface area (Å²) >= 11 is 0. The maximum atomic E-state index is 12.3. The van der Waals surface area contributed by atoms with E-state index >= 15 is 0 Å². The molecule has 2 N–H and O–H groups in total. The van der Waals surface area contributed by atoms with Crippen molar-refractivity contribution in [3.63, 3.8) is 0 Å². The number of anilines is 3. The van der Waals surface area contributed by atoms with Crippen LogP contribution in [0.2, 0.25) is 0 Å². The van der Waals surface area contributed by atoms with Crippen LogP contribution in [0, 0.1) is 0 Å². The lowest BCUT2D eigenvalue weighted by Crippen LogP contribution is -2.06. The van der Waals surface area contributed by atoms with Crippen LogP contribution in [0.15, 0.2) is 66.4 Å². The Hall–Kier alpha value is -3.47. The number of carbonyl (C=O) groups excluding carboxylic acids is 1. The van der Waals surface area contributed by atoms with Gasteiger partial charge in [0, 0.05) is 41.5 Å². The lowest BCUT2D eigenvalue weighted by atomic mass is 9.91. The van der Waals surface area contributed by atoms with Crippen molar-refractivity contribution in [3.05, 3.63) is 72.0 Å². The van der Waals surface area contributed by atoms with Crippen LogP contribution in [0.3, 0.4) is 0 Å². The number of allylic oxidation sites excluding steroid dienone is 4. The highest BCUT2D eigenvalue weighted by molar-refractivity contribution is 6.23. The Morgan fingerprint density at radius 2 is 1.96 bits per heavy atom. The van der Waals surface area contributed by atoms with E-state index in [9.17, 15) is 4.79 Å². The second kappa shape index (κ2) is 7.64. The number of rotatable bonds is 5. The maximum Gasteiger partial charge on any atom is 0.227 e. The number of nitrogens with one attached hydrogen (secondary N) is 2. The van der Waals surface area contributed by atoms with E-state index < -0.39 is 0 Å². The predicted octanol–water partition coefficient (Wildman–Crippen LogP) is 5.11. The lowest BCUT2D eigenvalue weighted by Gasteiger charge is -2.13. The van der Waals surface area contributed by atoms with E-state index in [0.29, 0.717) is 12.4 Å². The molecule has 0 saturated carbocycles. The van der Waals surface area contributed by atoms with Crippen molar-refractivity contribution in [1.29, 1.82) is 0 Å². The zero-order valence-electron chi connectivity index (χ0n) is 16.0. The van der Waals surface area contributed by atoms with E-state index in [4.69, 9.17) is 0 Å². The molecular weight excluding hydrogens is 348 g/mol. The molecule has 4 rings (SSSR count). The van der Waals surface area contributed by atoms with Crippen molar-refractivity contribution in [2.24, 2.45) is 0 Å².